The van der Waals surface area contributed by atoms with Crippen molar-refractivity contribution in [3.05, 3.63) is 65.7 Å². The molecule has 0 N–H and O–H groups in total. The van der Waals surface area contributed by atoms with Crippen molar-refractivity contribution in [2.75, 3.05) is 33.3 Å². The molecule has 6 heteroatoms. The van der Waals surface area contributed by atoms with Crippen LogP contribution in [0.15, 0.2) is 48.8 Å². The molecule has 0 atom stereocenters. The summed E-state index contributed by atoms with van der Waals surface area (Å²) in [6.45, 7) is 3.51. The van der Waals surface area contributed by atoms with Gasteiger partial charge in [-0.3, -0.25) is 14.7 Å². The van der Waals surface area contributed by atoms with E-state index in [-0.39, 0.29) is 17.5 Å². The molecule has 1 saturated heterocycles. The lowest BCUT2D eigenvalue weighted by molar-refractivity contribution is -0.127. The summed E-state index contributed by atoms with van der Waals surface area (Å²) in [5.41, 5.74) is 1.81. The predicted molar refractivity (Wildman–Crippen MR) is 98.1 cm³/mol. The molecule has 5 nitrogen and oxygen atoms in total. The Labute approximate surface area is 152 Å². The van der Waals surface area contributed by atoms with Crippen LogP contribution in [0.2, 0.25) is 0 Å². The van der Waals surface area contributed by atoms with Crippen LogP contribution in [-0.2, 0) is 11.3 Å². The van der Waals surface area contributed by atoms with E-state index in [9.17, 15) is 9.18 Å². The minimum Gasteiger partial charge on any atom is -0.494 e. The maximum Gasteiger partial charge on any atom is 0.246 e. The van der Waals surface area contributed by atoms with Crippen molar-refractivity contribution in [2.24, 2.45) is 0 Å². The number of aromatic nitrogens is 1. The Kier molecular flexibility index (Phi) is 5.96. The number of rotatable bonds is 5. The largest absolute Gasteiger partial charge is 0.494 e. The van der Waals surface area contributed by atoms with Gasteiger partial charge in [-0.1, -0.05) is 12.1 Å². The third-order valence-electron chi connectivity index (χ3n) is 4.41. The van der Waals surface area contributed by atoms with Gasteiger partial charge in [-0.15, -0.1) is 0 Å². The predicted octanol–water partition coefficient (Wildman–Crippen LogP) is 2.59. The number of halogens is 1. The summed E-state index contributed by atoms with van der Waals surface area (Å²) in [7, 11) is 1.46. The highest BCUT2D eigenvalue weighted by molar-refractivity contribution is 5.91. The molecule has 0 bridgehead atoms. The van der Waals surface area contributed by atoms with Crippen molar-refractivity contribution >= 4 is 12.0 Å². The van der Waals surface area contributed by atoms with Crippen LogP contribution < -0.4 is 4.74 Å². The van der Waals surface area contributed by atoms with Gasteiger partial charge in [0.2, 0.25) is 5.91 Å². The number of pyridine rings is 1. The number of carbonyl (C=O) groups excluding carboxylic acids is 1. The third kappa shape index (κ3) is 4.67. The third-order valence-corrected chi connectivity index (χ3v) is 4.41. The number of carbonyl (C=O) groups is 1. The van der Waals surface area contributed by atoms with Crippen LogP contribution in [0.25, 0.3) is 6.08 Å². The molecule has 3 rings (SSSR count). The summed E-state index contributed by atoms with van der Waals surface area (Å²) < 4.78 is 18.7. The lowest BCUT2D eigenvalue weighted by atomic mass is 10.1. The zero-order valence-electron chi connectivity index (χ0n) is 14.8. The Morgan fingerprint density at radius 3 is 2.73 bits per heavy atom. The first kappa shape index (κ1) is 18.1. The molecule has 1 aromatic heterocycles. The topological polar surface area (TPSA) is 45.7 Å². The Bertz CT molecular complexity index is 772. The average molecular weight is 355 g/mol. The van der Waals surface area contributed by atoms with E-state index in [1.807, 2.05) is 23.1 Å². The van der Waals surface area contributed by atoms with Gasteiger partial charge in [0.05, 0.1) is 7.11 Å². The summed E-state index contributed by atoms with van der Waals surface area (Å²) in [5.74, 6) is -0.0899. The summed E-state index contributed by atoms with van der Waals surface area (Å²) in [4.78, 5) is 20.4. The first-order valence-corrected chi connectivity index (χ1v) is 8.57. The second-order valence-electron chi connectivity index (χ2n) is 6.19. The number of hydrogen-bond acceptors (Lipinski definition) is 4. The first-order chi connectivity index (χ1) is 12.7. The van der Waals surface area contributed by atoms with Gasteiger partial charge in [0.1, 0.15) is 0 Å². The van der Waals surface area contributed by atoms with E-state index in [2.05, 4.69) is 9.88 Å². The van der Waals surface area contributed by atoms with Crippen LogP contribution in [0.4, 0.5) is 4.39 Å². The van der Waals surface area contributed by atoms with Gasteiger partial charge in [0, 0.05) is 51.2 Å². The number of ether oxygens (including phenoxy) is 1. The fourth-order valence-corrected chi connectivity index (χ4v) is 2.94. The number of piperazine rings is 1. The second kappa shape index (κ2) is 8.58. The van der Waals surface area contributed by atoms with E-state index in [1.165, 1.54) is 13.2 Å². The van der Waals surface area contributed by atoms with Crippen LogP contribution in [0.1, 0.15) is 11.1 Å². The van der Waals surface area contributed by atoms with E-state index in [0.717, 1.165) is 24.2 Å². The van der Waals surface area contributed by atoms with Crippen LogP contribution in [-0.4, -0.2) is 54.0 Å². The van der Waals surface area contributed by atoms with E-state index < -0.39 is 0 Å². The summed E-state index contributed by atoms with van der Waals surface area (Å²) in [6.07, 6.45) is 6.79. The summed E-state index contributed by atoms with van der Waals surface area (Å²) in [6, 6.07) is 8.77. The minimum absolute atomic E-state index is 0.00370. The molecule has 1 aliphatic heterocycles. The Hall–Kier alpha value is -2.73. The zero-order chi connectivity index (χ0) is 18.4. The molecule has 1 aliphatic rings. The van der Waals surface area contributed by atoms with Gasteiger partial charge in [0.15, 0.2) is 11.6 Å². The summed E-state index contributed by atoms with van der Waals surface area (Å²) in [5, 5.41) is 0. The lowest BCUT2D eigenvalue weighted by Gasteiger charge is -2.34. The molecule has 136 valence electrons. The quantitative estimate of drug-likeness (QED) is 0.774. The Balaban J connectivity index is 1.50. The fourth-order valence-electron chi connectivity index (χ4n) is 2.94. The van der Waals surface area contributed by atoms with Crippen molar-refractivity contribution in [1.29, 1.82) is 0 Å². The monoisotopic (exact) mass is 355 g/mol. The first-order valence-electron chi connectivity index (χ1n) is 8.57. The molecular weight excluding hydrogens is 333 g/mol. The SMILES string of the molecule is COc1ccc(CN2CCN(C(=O)/C=C/c3cccnc3)CC2)cc1F. The van der Waals surface area contributed by atoms with Gasteiger partial charge >= 0.3 is 0 Å². The van der Waals surface area contributed by atoms with E-state index in [0.29, 0.717) is 19.6 Å². The molecule has 26 heavy (non-hydrogen) atoms. The second-order valence-corrected chi connectivity index (χ2v) is 6.19. The van der Waals surface area contributed by atoms with Crippen LogP contribution >= 0.6 is 0 Å². The molecule has 2 aromatic rings. The molecular formula is C20H22FN3O2. The van der Waals surface area contributed by atoms with Gasteiger partial charge in [0.25, 0.3) is 0 Å². The highest BCUT2D eigenvalue weighted by Crippen LogP contribution is 2.19. The maximum atomic E-state index is 13.8. The van der Waals surface area contributed by atoms with E-state index >= 15 is 0 Å². The number of nitrogens with zero attached hydrogens (tertiary/aromatic N) is 3. The van der Waals surface area contributed by atoms with Crippen molar-refractivity contribution in [2.45, 2.75) is 6.54 Å². The Morgan fingerprint density at radius 2 is 2.08 bits per heavy atom. The molecule has 0 unspecified atom stereocenters. The van der Waals surface area contributed by atoms with Crippen molar-refractivity contribution in [3.63, 3.8) is 0 Å². The number of methoxy groups -OCH3 is 1. The molecule has 1 aromatic carbocycles. The van der Waals surface area contributed by atoms with Gasteiger partial charge < -0.3 is 9.64 Å². The van der Waals surface area contributed by atoms with Gasteiger partial charge in [-0.25, -0.2) is 4.39 Å². The normalized spacial score (nSPS) is 15.4. The molecule has 0 radical (unpaired) electrons. The standard InChI is InChI=1S/C20H22FN3O2/c1-26-19-6-4-17(13-18(19)21)15-23-9-11-24(12-10-23)20(25)7-5-16-3-2-8-22-14-16/h2-8,13-14H,9-12,15H2,1H3/b7-5+. The van der Waals surface area contributed by atoms with Crippen LogP contribution in [0.3, 0.4) is 0 Å². The van der Waals surface area contributed by atoms with Gasteiger partial charge in [-0.05, 0) is 35.4 Å². The maximum absolute atomic E-state index is 13.8. The molecule has 2 heterocycles. The highest BCUT2D eigenvalue weighted by atomic mass is 19.1. The molecule has 0 aliphatic carbocycles. The van der Waals surface area contributed by atoms with E-state index in [4.69, 9.17) is 4.74 Å². The molecule has 0 saturated carbocycles. The van der Waals surface area contributed by atoms with Crippen LogP contribution in [0, 0.1) is 5.82 Å². The van der Waals surface area contributed by atoms with Crippen LogP contribution in [0.5, 0.6) is 5.75 Å². The molecule has 1 fully saturated rings. The fraction of sp³-hybridized carbons (Fsp3) is 0.300. The lowest BCUT2D eigenvalue weighted by Crippen LogP contribution is -2.47. The molecule has 0 spiro atoms. The van der Waals surface area contributed by atoms with Crippen molar-refractivity contribution in [1.82, 2.24) is 14.8 Å². The minimum atomic E-state index is -0.348. The smallest absolute Gasteiger partial charge is 0.246 e. The number of benzene rings is 1. The number of hydrogen-bond donors (Lipinski definition) is 0. The van der Waals surface area contributed by atoms with Gasteiger partial charge in [-0.2, -0.15) is 0 Å². The average Bonchev–Trinajstić information content (AvgIpc) is 2.68. The summed E-state index contributed by atoms with van der Waals surface area (Å²) >= 11 is 0. The zero-order valence-corrected chi connectivity index (χ0v) is 14.8. The highest BCUT2D eigenvalue weighted by Gasteiger charge is 2.20. The molecule has 1 amide bonds. The van der Waals surface area contributed by atoms with Crippen molar-refractivity contribution in [3.8, 4) is 5.75 Å². The number of amides is 1. The van der Waals surface area contributed by atoms with E-state index in [1.54, 1.807) is 30.6 Å². The van der Waals surface area contributed by atoms with Crippen molar-refractivity contribution < 1.29 is 13.9 Å². The Morgan fingerprint density at radius 1 is 1.27 bits per heavy atom.